The van der Waals surface area contributed by atoms with Gasteiger partial charge in [-0.15, -0.1) is 0 Å². The van der Waals surface area contributed by atoms with E-state index in [4.69, 9.17) is 0 Å². The molecule has 0 fully saturated rings. The molecule has 0 saturated heterocycles. The monoisotopic (exact) mass is 387 g/mol. The van der Waals surface area contributed by atoms with E-state index in [-0.39, 0.29) is 5.69 Å². The number of anilines is 1. The number of fused-ring (bicyclic) bond motifs is 2. The highest BCUT2D eigenvalue weighted by Gasteiger charge is 2.22. The largest absolute Gasteiger partial charge is 0.394 e. The van der Waals surface area contributed by atoms with Crippen LogP contribution in [0.2, 0.25) is 0 Å². The van der Waals surface area contributed by atoms with Crippen molar-refractivity contribution >= 4 is 39.4 Å². The van der Waals surface area contributed by atoms with Gasteiger partial charge in [0.2, 0.25) is 5.91 Å². The molecule has 0 bridgehead atoms. The molecule has 4 rings (SSSR count). The van der Waals surface area contributed by atoms with Crippen LogP contribution in [0.4, 0.5) is 5.69 Å². The number of hydrogen-bond acceptors (Lipinski definition) is 6. The molecule has 0 spiro atoms. The number of carbonyl (C=O) groups excluding carboxylic acids is 2. The number of aliphatic hydroxyl groups is 1. The van der Waals surface area contributed by atoms with Crippen LogP contribution in [0.3, 0.4) is 0 Å². The van der Waals surface area contributed by atoms with Gasteiger partial charge < -0.3 is 15.7 Å². The third-order valence-corrected chi connectivity index (χ3v) is 4.36. The lowest BCUT2D eigenvalue weighted by atomic mass is 10.2. The van der Waals surface area contributed by atoms with Crippen molar-refractivity contribution < 1.29 is 14.7 Å². The Morgan fingerprint density at radius 2 is 1.79 bits per heavy atom. The molecular weight excluding hydrogens is 370 g/mol. The lowest BCUT2D eigenvalue weighted by Crippen LogP contribution is -2.46. The third kappa shape index (κ3) is 4.02. The normalized spacial score (nSPS) is 11.9. The molecule has 0 saturated carbocycles. The van der Waals surface area contributed by atoms with E-state index in [0.717, 1.165) is 10.9 Å². The molecule has 0 radical (unpaired) electrons. The number of aromatic nitrogens is 3. The maximum atomic E-state index is 12.5. The summed E-state index contributed by atoms with van der Waals surface area (Å²) in [5.41, 5.74) is 2.62. The first kappa shape index (κ1) is 18.5. The second-order valence-corrected chi connectivity index (χ2v) is 6.35. The first-order valence-electron chi connectivity index (χ1n) is 8.93. The van der Waals surface area contributed by atoms with Crippen molar-refractivity contribution in [3.63, 3.8) is 0 Å². The Labute approximate surface area is 165 Å². The van der Waals surface area contributed by atoms with Crippen LogP contribution in [0.25, 0.3) is 21.9 Å². The second-order valence-electron chi connectivity index (χ2n) is 6.35. The van der Waals surface area contributed by atoms with Gasteiger partial charge in [0.25, 0.3) is 5.91 Å². The first-order valence-corrected chi connectivity index (χ1v) is 8.93. The van der Waals surface area contributed by atoms with E-state index in [1.165, 1.54) is 6.20 Å². The first-order chi connectivity index (χ1) is 14.1. The van der Waals surface area contributed by atoms with Crippen LogP contribution in [0.15, 0.2) is 67.0 Å². The minimum Gasteiger partial charge on any atom is -0.394 e. The lowest BCUT2D eigenvalue weighted by Gasteiger charge is -2.16. The van der Waals surface area contributed by atoms with Gasteiger partial charge in [-0.3, -0.25) is 19.6 Å². The summed E-state index contributed by atoms with van der Waals surface area (Å²) in [6, 6.07) is 14.9. The number of pyridine rings is 1. The van der Waals surface area contributed by atoms with Crippen molar-refractivity contribution in [3.05, 3.63) is 72.7 Å². The summed E-state index contributed by atoms with van der Waals surface area (Å²) in [6.45, 7) is -0.562. The Morgan fingerprint density at radius 1 is 0.966 bits per heavy atom. The Bertz CT molecular complexity index is 1210. The lowest BCUT2D eigenvalue weighted by molar-refractivity contribution is -0.118. The van der Waals surface area contributed by atoms with Crippen molar-refractivity contribution in [3.8, 4) is 0 Å². The average molecular weight is 387 g/mol. The number of nitrogens with one attached hydrogen (secondary N) is 2. The maximum absolute atomic E-state index is 12.5. The molecule has 2 amide bonds. The van der Waals surface area contributed by atoms with Crippen LogP contribution in [0.1, 0.15) is 10.5 Å². The minimum absolute atomic E-state index is 0.0618. The molecular formula is C21H17N5O3. The van der Waals surface area contributed by atoms with E-state index in [1.54, 1.807) is 48.7 Å². The fourth-order valence-corrected chi connectivity index (χ4v) is 2.88. The van der Waals surface area contributed by atoms with Gasteiger partial charge in [0.05, 0.1) is 29.4 Å². The van der Waals surface area contributed by atoms with Crippen LogP contribution in [0.5, 0.6) is 0 Å². The molecule has 0 aliphatic rings. The van der Waals surface area contributed by atoms with Crippen LogP contribution in [0, 0.1) is 0 Å². The number of amides is 2. The molecule has 8 nitrogen and oxygen atoms in total. The summed E-state index contributed by atoms with van der Waals surface area (Å²) in [7, 11) is 0. The molecule has 4 aromatic rings. The fourth-order valence-electron chi connectivity index (χ4n) is 2.88. The SMILES string of the molecule is O=C(N[C@@H](CO)C(=O)Nc1ccc2ncccc2c1)c1cnc2ccccc2n1. The maximum Gasteiger partial charge on any atom is 0.272 e. The number of para-hydroxylation sites is 2. The second kappa shape index (κ2) is 7.99. The number of benzene rings is 2. The van der Waals surface area contributed by atoms with Gasteiger partial charge >= 0.3 is 0 Å². The van der Waals surface area contributed by atoms with Gasteiger partial charge in [0, 0.05) is 17.3 Å². The summed E-state index contributed by atoms with van der Waals surface area (Å²) in [5.74, 6) is -1.14. The van der Waals surface area contributed by atoms with E-state index >= 15 is 0 Å². The fraction of sp³-hybridized carbons (Fsp3) is 0.0952. The number of rotatable bonds is 5. The van der Waals surface area contributed by atoms with Gasteiger partial charge in [-0.2, -0.15) is 0 Å². The van der Waals surface area contributed by atoms with Crippen LogP contribution >= 0.6 is 0 Å². The van der Waals surface area contributed by atoms with E-state index < -0.39 is 24.5 Å². The number of nitrogens with zero attached hydrogens (tertiary/aromatic N) is 3. The zero-order valence-corrected chi connectivity index (χ0v) is 15.2. The summed E-state index contributed by atoms with van der Waals surface area (Å²) in [5, 5.41) is 15.6. The molecule has 29 heavy (non-hydrogen) atoms. The molecule has 0 unspecified atom stereocenters. The molecule has 0 aliphatic carbocycles. The van der Waals surface area contributed by atoms with Gasteiger partial charge in [-0.1, -0.05) is 18.2 Å². The van der Waals surface area contributed by atoms with Crippen LogP contribution < -0.4 is 10.6 Å². The molecule has 2 heterocycles. The predicted octanol–water partition coefficient (Wildman–Crippen LogP) is 1.91. The Hall–Kier alpha value is -3.91. The predicted molar refractivity (Wildman–Crippen MR) is 108 cm³/mol. The standard InChI is InChI=1S/C21H17N5O3/c27-12-19(21(29)24-14-7-8-15-13(10-14)4-3-9-22-15)26-20(28)18-11-23-16-5-1-2-6-17(16)25-18/h1-11,19,27H,12H2,(H,24,29)(H,26,28)/t19-/m0/s1. The summed E-state index contributed by atoms with van der Waals surface area (Å²) in [4.78, 5) is 37.7. The summed E-state index contributed by atoms with van der Waals surface area (Å²) in [6.07, 6.45) is 3.02. The molecule has 8 heteroatoms. The van der Waals surface area contributed by atoms with Crippen molar-refractivity contribution in [1.29, 1.82) is 0 Å². The third-order valence-electron chi connectivity index (χ3n) is 4.36. The van der Waals surface area contributed by atoms with Crippen molar-refractivity contribution in [2.75, 3.05) is 11.9 Å². The highest BCUT2D eigenvalue weighted by Crippen LogP contribution is 2.17. The van der Waals surface area contributed by atoms with Crippen molar-refractivity contribution in [2.24, 2.45) is 0 Å². The minimum atomic E-state index is -1.14. The molecule has 3 N–H and O–H groups in total. The quantitative estimate of drug-likeness (QED) is 0.482. The smallest absolute Gasteiger partial charge is 0.272 e. The Morgan fingerprint density at radius 3 is 2.62 bits per heavy atom. The van der Waals surface area contributed by atoms with E-state index in [2.05, 4.69) is 25.6 Å². The summed E-state index contributed by atoms with van der Waals surface area (Å²) >= 11 is 0. The van der Waals surface area contributed by atoms with Gasteiger partial charge in [-0.25, -0.2) is 4.98 Å². The molecule has 2 aromatic carbocycles. The number of hydrogen-bond donors (Lipinski definition) is 3. The topological polar surface area (TPSA) is 117 Å². The Kier molecular flexibility index (Phi) is 5.08. The summed E-state index contributed by atoms with van der Waals surface area (Å²) < 4.78 is 0. The highest BCUT2D eigenvalue weighted by molar-refractivity contribution is 6.01. The van der Waals surface area contributed by atoms with E-state index in [1.807, 2.05) is 12.1 Å². The van der Waals surface area contributed by atoms with E-state index in [9.17, 15) is 14.7 Å². The zero-order chi connectivity index (χ0) is 20.2. The van der Waals surface area contributed by atoms with Crippen LogP contribution in [-0.4, -0.2) is 44.5 Å². The number of aliphatic hydroxyl groups excluding tert-OH is 1. The van der Waals surface area contributed by atoms with Crippen molar-refractivity contribution in [2.45, 2.75) is 6.04 Å². The van der Waals surface area contributed by atoms with Gasteiger partial charge in [0.15, 0.2) is 0 Å². The van der Waals surface area contributed by atoms with E-state index in [0.29, 0.717) is 16.7 Å². The zero-order valence-electron chi connectivity index (χ0n) is 15.2. The van der Waals surface area contributed by atoms with Crippen LogP contribution in [-0.2, 0) is 4.79 Å². The molecule has 2 aromatic heterocycles. The van der Waals surface area contributed by atoms with Gasteiger partial charge in [0.1, 0.15) is 11.7 Å². The highest BCUT2D eigenvalue weighted by atomic mass is 16.3. The molecule has 144 valence electrons. The Balaban J connectivity index is 1.48. The number of carbonyl (C=O) groups is 2. The average Bonchev–Trinajstić information content (AvgIpc) is 2.76. The van der Waals surface area contributed by atoms with Gasteiger partial charge in [-0.05, 0) is 36.4 Å². The molecule has 1 atom stereocenters. The van der Waals surface area contributed by atoms with Crippen molar-refractivity contribution in [1.82, 2.24) is 20.3 Å². The molecule has 0 aliphatic heterocycles.